The van der Waals surface area contributed by atoms with Crippen molar-refractivity contribution >= 4 is 28.6 Å². The molecule has 3 aromatic rings. The van der Waals surface area contributed by atoms with Crippen LogP contribution in [0.25, 0.3) is 10.9 Å². The summed E-state index contributed by atoms with van der Waals surface area (Å²) in [6.45, 7) is 3.52. The molecule has 1 aromatic carbocycles. The van der Waals surface area contributed by atoms with Crippen LogP contribution in [0.15, 0.2) is 58.5 Å². The van der Waals surface area contributed by atoms with E-state index >= 15 is 0 Å². The number of rotatable bonds is 7. The van der Waals surface area contributed by atoms with Crippen LogP contribution in [-0.4, -0.2) is 27.3 Å². The normalized spacial score (nSPS) is 11.0. The van der Waals surface area contributed by atoms with Crippen molar-refractivity contribution < 1.29 is 9.18 Å². The molecular weight excluding hydrogens is 353 g/mol. The predicted octanol–water partition coefficient (Wildman–Crippen LogP) is 2.87. The number of nitrogens with zero attached hydrogens (tertiary/aromatic N) is 2. The van der Waals surface area contributed by atoms with Crippen molar-refractivity contribution in [3.8, 4) is 0 Å². The summed E-state index contributed by atoms with van der Waals surface area (Å²) in [5.74, 6) is -0.168. The van der Waals surface area contributed by atoms with Gasteiger partial charge in [-0.3, -0.25) is 9.59 Å². The maximum atomic E-state index is 12.9. The summed E-state index contributed by atoms with van der Waals surface area (Å²) in [4.78, 5) is 25.3. The number of carbonyl (C=O) groups is 1. The monoisotopic (exact) mass is 373 g/mol. The average Bonchev–Trinajstić information content (AvgIpc) is 3.07. The van der Waals surface area contributed by atoms with Crippen LogP contribution < -0.4 is 10.9 Å². The molecule has 1 N–H and O–H groups in total. The van der Waals surface area contributed by atoms with Crippen LogP contribution in [0, 0.1) is 5.82 Å². The fourth-order valence-electron chi connectivity index (χ4n) is 2.73. The van der Waals surface area contributed by atoms with Crippen molar-refractivity contribution in [3.63, 3.8) is 0 Å². The lowest BCUT2D eigenvalue weighted by Crippen LogP contribution is -2.32. The number of aromatic nitrogens is 2. The molecule has 1 amide bonds. The highest BCUT2D eigenvalue weighted by atomic mass is 32.2. The van der Waals surface area contributed by atoms with Crippen molar-refractivity contribution in [3.05, 3.63) is 65.0 Å². The second-order valence-corrected chi connectivity index (χ2v) is 6.86. The zero-order chi connectivity index (χ0) is 18.5. The smallest absolute Gasteiger partial charge is 0.275 e. The molecule has 0 atom stereocenters. The molecule has 0 fully saturated rings. The first-order chi connectivity index (χ1) is 12.6. The molecule has 0 bridgehead atoms. The van der Waals surface area contributed by atoms with Gasteiger partial charge in [-0.25, -0.2) is 4.39 Å². The number of benzene rings is 1. The SMILES string of the molecule is CCn1ccc2ccn(CCNC(=O)CSc3ccc(F)cc3)c(=O)c21. The van der Waals surface area contributed by atoms with E-state index in [9.17, 15) is 14.0 Å². The number of fused-ring (bicyclic) bond motifs is 1. The van der Waals surface area contributed by atoms with E-state index in [2.05, 4.69) is 5.32 Å². The number of carbonyl (C=O) groups excluding carboxylic acids is 1. The molecule has 2 heterocycles. The van der Waals surface area contributed by atoms with E-state index in [0.29, 0.717) is 18.6 Å². The van der Waals surface area contributed by atoms with E-state index in [1.54, 1.807) is 22.9 Å². The minimum atomic E-state index is -0.296. The lowest BCUT2D eigenvalue weighted by molar-refractivity contribution is -0.118. The summed E-state index contributed by atoms with van der Waals surface area (Å²) in [6, 6.07) is 9.87. The first-order valence-corrected chi connectivity index (χ1v) is 9.40. The molecule has 7 heteroatoms. The first-order valence-electron chi connectivity index (χ1n) is 8.42. The van der Waals surface area contributed by atoms with Crippen LogP contribution in [0.2, 0.25) is 0 Å². The van der Waals surface area contributed by atoms with Crippen molar-refractivity contribution in [1.29, 1.82) is 0 Å². The predicted molar refractivity (Wildman–Crippen MR) is 102 cm³/mol. The number of amides is 1. The minimum absolute atomic E-state index is 0.0516. The van der Waals surface area contributed by atoms with Gasteiger partial charge in [0.25, 0.3) is 5.56 Å². The lowest BCUT2D eigenvalue weighted by Gasteiger charge is -2.09. The number of halogens is 1. The minimum Gasteiger partial charge on any atom is -0.354 e. The molecule has 5 nitrogen and oxygen atoms in total. The molecule has 0 aliphatic heterocycles. The second kappa shape index (κ2) is 8.23. The van der Waals surface area contributed by atoms with Gasteiger partial charge in [0.15, 0.2) is 0 Å². The third kappa shape index (κ3) is 4.16. The third-order valence-electron chi connectivity index (χ3n) is 4.09. The Bertz CT molecular complexity index is 963. The van der Waals surface area contributed by atoms with Crippen molar-refractivity contribution in [2.45, 2.75) is 24.9 Å². The number of hydrogen-bond acceptors (Lipinski definition) is 3. The number of thioether (sulfide) groups is 1. The van der Waals surface area contributed by atoms with Gasteiger partial charge in [0.2, 0.25) is 5.91 Å². The van der Waals surface area contributed by atoms with Gasteiger partial charge in [-0.2, -0.15) is 0 Å². The summed E-state index contributed by atoms with van der Waals surface area (Å²) < 4.78 is 16.4. The van der Waals surface area contributed by atoms with Crippen LogP contribution in [0.4, 0.5) is 4.39 Å². The van der Waals surface area contributed by atoms with E-state index in [4.69, 9.17) is 0 Å². The zero-order valence-corrected chi connectivity index (χ0v) is 15.3. The van der Waals surface area contributed by atoms with Gasteiger partial charge in [-0.05, 0) is 43.3 Å². The van der Waals surface area contributed by atoms with Crippen LogP contribution in [0.3, 0.4) is 0 Å². The molecule has 0 aliphatic carbocycles. The van der Waals surface area contributed by atoms with Gasteiger partial charge < -0.3 is 14.5 Å². The largest absolute Gasteiger partial charge is 0.354 e. The van der Waals surface area contributed by atoms with Crippen molar-refractivity contribution in [2.24, 2.45) is 0 Å². The highest BCUT2D eigenvalue weighted by molar-refractivity contribution is 8.00. The standard InChI is InChI=1S/C19H20FN3O2S/c1-2-22-10-7-14-8-11-23(19(25)18(14)22)12-9-21-17(24)13-26-16-5-3-15(20)4-6-16/h3-8,10-11H,2,9,12-13H2,1H3,(H,21,24). The first kappa shape index (κ1) is 18.3. The van der Waals surface area contributed by atoms with Gasteiger partial charge in [0, 0.05) is 42.3 Å². The maximum absolute atomic E-state index is 12.9. The van der Waals surface area contributed by atoms with Gasteiger partial charge in [0.05, 0.1) is 5.75 Å². The Labute approximate surface area is 154 Å². The second-order valence-electron chi connectivity index (χ2n) is 5.81. The molecular formula is C19H20FN3O2S. The summed E-state index contributed by atoms with van der Waals surface area (Å²) >= 11 is 1.34. The average molecular weight is 373 g/mol. The van der Waals surface area contributed by atoms with E-state index < -0.39 is 0 Å². The number of hydrogen-bond donors (Lipinski definition) is 1. The Hall–Kier alpha value is -2.54. The summed E-state index contributed by atoms with van der Waals surface area (Å²) in [5.41, 5.74) is 0.637. The topological polar surface area (TPSA) is 56.0 Å². The summed E-state index contributed by atoms with van der Waals surface area (Å²) in [7, 11) is 0. The molecule has 26 heavy (non-hydrogen) atoms. The molecule has 0 unspecified atom stereocenters. The molecule has 136 valence electrons. The molecule has 0 saturated heterocycles. The van der Waals surface area contributed by atoms with Crippen LogP contribution in [-0.2, 0) is 17.9 Å². The molecule has 2 aromatic heterocycles. The molecule has 0 spiro atoms. The van der Waals surface area contributed by atoms with E-state index in [0.717, 1.165) is 16.8 Å². The third-order valence-corrected chi connectivity index (χ3v) is 5.10. The lowest BCUT2D eigenvalue weighted by atomic mass is 10.3. The Morgan fingerprint density at radius 1 is 1.12 bits per heavy atom. The highest BCUT2D eigenvalue weighted by Gasteiger charge is 2.08. The molecule has 0 saturated carbocycles. The van der Waals surface area contributed by atoms with Crippen LogP contribution in [0.5, 0.6) is 0 Å². The van der Waals surface area contributed by atoms with Gasteiger partial charge in [-0.15, -0.1) is 11.8 Å². The highest BCUT2D eigenvalue weighted by Crippen LogP contribution is 2.17. The number of pyridine rings is 1. The molecule has 0 radical (unpaired) electrons. The zero-order valence-electron chi connectivity index (χ0n) is 14.4. The summed E-state index contributed by atoms with van der Waals surface area (Å²) in [5, 5.41) is 3.73. The fourth-order valence-corrected chi connectivity index (χ4v) is 3.46. The Kier molecular flexibility index (Phi) is 5.78. The quantitative estimate of drug-likeness (QED) is 0.648. The summed E-state index contributed by atoms with van der Waals surface area (Å²) in [6.07, 6.45) is 3.66. The van der Waals surface area contributed by atoms with Gasteiger partial charge >= 0.3 is 0 Å². The van der Waals surface area contributed by atoms with Crippen molar-refractivity contribution in [2.75, 3.05) is 12.3 Å². The van der Waals surface area contributed by atoms with E-state index in [1.165, 1.54) is 23.9 Å². The van der Waals surface area contributed by atoms with E-state index in [1.807, 2.05) is 29.8 Å². The van der Waals surface area contributed by atoms with Crippen LogP contribution in [0.1, 0.15) is 6.92 Å². The molecule has 3 rings (SSSR count). The maximum Gasteiger partial charge on any atom is 0.275 e. The van der Waals surface area contributed by atoms with Crippen LogP contribution >= 0.6 is 11.8 Å². The fraction of sp³-hybridized carbons (Fsp3) is 0.263. The van der Waals surface area contributed by atoms with E-state index in [-0.39, 0.29) is 23.0 Å². The number of nitrogens with one attached hydrogen (secondary N) is 1. The number of aryl methyl sites for hydroxylation is 1. The Morgan fingerprint density at radius 2 is 1.81 bits per heavy atom. The van der Waals surface area contributed by atoms with Crippen molar-refractivity contribution in [1.82, 2.24) is 14.5 Å². The van der Waals surface area contributed by atoms with Gasteiger partial charge in [-0.1, -0.05) is 0 Å². The Morgan fingerprint density at radius 3 is 2.50 bits per heavy atom. The Balaban J connectivity index is 1.53. The molecule has 0 aliphatic rings. The van der Waals surface area contributed by atoms with Gasteiger partial charge in [0.1, 0.15) is 11.3 Å².